The highest BCUT2D eigenvalue weighted by atomic mass is 16.3. The molecule has 0 heterocycles. The van der Waals surface area contributed by atoms with Crippen LogP contribution in [0, 0.1) is 0 Å². The van der Waals surface area contributed by atoms with Gasteiger partial charge in [0.25, 0.3) is 6.47 Å². The van der Waals surface area contributed by atoms with E-state index in [1.165, 1.54) is 0 Å². The predicted molar refractivity (Wildman–Crippen MR) is 51.3 cm³/mol. The fraction of sp³-hybridized carbons (Fsp3) is 0.875. The van der Waals surface area contributed by atoms with Crippen molar-refractivity contribution >= 4 is 6.47 Å². The first-order valence-corrected chi connectivity index (χ1v) is 4.37. The lowest BCUT2D eigenvalue weighted by Gasteiger charge is -2.08. The summed E-state index contributed by atoms with van der Waals surface area (Å²) in [5, 5.41) is 15.3. The maximum Gasteiger partial charge on any atom is 0.290 e. The van der Waals surface area contributed by atoms with E-state index < -0.39 is 0 Å². The first-order valence-electron chi connectivity index (χ1n) is 4.37. The van der Waals surface area contributed by atoms with Crippen molar-refractivity contribution in [3.63, 3.8) is 0 Å². The maximum atomic E-state index is 8.46. The van der Waals surface area contributed by atoms with E-state index in [9.17, 15) is 0 Å². The van der Waals surface area contributed by atoms with Crippen LogP contribution in [0.25, 0.3) is 0 Å². The van der Waals surface area contributed by atoms with E-state index >= 15 is 0 Å². The molecular weight excluding hydrogens is 172 g/mol. The second-order valence-corrected chi connectivity index (χ2v) is 2.66. The van der Waals surface area contributed by atoms with Crippen molar-refractivity contribution in [3.05, 3.63) is 0 Å². The van der Waals surface area contributed by atoms with E-state index in [1.807, 2.05) is 0 Å². The molecule has 0 aliphatic rings. The van der Waals surface area contributed by atoms with Crippen LogP contribution in [0.4, 0.5) is 0 Å². The van der Waals surface area contributed by atoms with Crippen LogP contribution in [0.15, 0.2) is 0 Å². The highest BCUT2D eigenvalue weighted by Crippen LogP contribution is 2.00. The summed E-state index contributed by atoms with van der Waals surface area (Å²) in [7, 11) is 0. The lowest BCUT2D eigenvalue weighted by atomic mass is 10.1. The summed E-state index contributed by atoms with van der Waals surface area (Å²) in [6.07, 6.45) is 3.70. The van der Waals surface area contributed by atoms with Crippen molar-refractivity contribution in [2.24, 2.45) is 11.5 Å². The van der Waals surface area contributed by atoms with Gasteiger partial charge >= 0.3 is 0 Å². The Kier molecular flexibility index (Phi) is 15.9. The molecule has 0 aliphatic carbocycles. The largest absolute Gasteiger partial charge is 0.483 e. The standard InChI is InChI=1S/C7H18N2O.CH2O2/c8-5-1-3-7(9)4-2-6-10;2-1-3/h7,10H,1-6,8-9H2;1H,(H,2,3). The molecule has 13 heavy (non-hydrogen) atoms. The number of rotatable bonds is 6. The fourth-order valence-corrected chi connectivity index (χ4v) is 0.878. The van der Waals surface area contributed by atoms with E-state index in [-0.39, 0.29) is 19.1 Å². The molecule has 0 amide bonds. The Balaban J connectivity index is 0. The van der Waals surface area contributed by atoms with Crippen molar-refractivity contribution in [2.75, 3.05) is 13.2 Å². The summed E-state index contributed by atoms with van der Waals surface area (Å²) in [5.41, 5.74) is 11.0. The minimum absolute atomic E-state index is 0.232. The zero-order valence-electron chi connectivity index (χ0n) is 7.85. The summed E-state index contributed by atoms with van der Waals surface area (Å²) in [5.74, 6) is 0. The van der Waals surface area contributed by atoms with E-state index in [1.54, 1.807) is 0 Å². The summed E-state index contributed by atoms with van der Waals surface area (Å²) < 4.78 is 0. The maximum absolute atomic E-state index is 8.46. The summed E-state index contributed by atoms with van der Waals surface area (Å²) in [4.78, 5) is 8.36. The third-order valence-corrected chi connectivity index (χ3v) is 1.51. The van der Waals surface area contributed by atoms with Gasteiger partial charge in [-0.1, -0.05) is 0 Å². The second-order valence-electron chi connectivity index (χ2n) is 2.66. The van der Waals surface area contributed by atoms with Crippen molar-refractivity contribution in [1.82, 2.24) is 0 Å². The van der Waals surface area contributed by atoms with Crippen molar-refractivity contribution in [1.29, 1.82) is 0 Å². The molecule has 0 rings (SSSR count). The number of carbonyl (C=O) groups is 1. The molecule has 5 nitrogen and oxygen atoms in total. The Morgan fingerprint density at radius 3 is 2.15 bits per heavy atom. The first kappa shape index (κ1) is 14.9. The fourth-order valence-electron chi connectivity index (χ4n) is 0.878. The molecule has 0 bridgehead atoms. The molecule has 0 spiro atoms. The molecule has 1 unspecified atom stereocenters. The van der Waals surface area contributed by atoms with Gasteiger partial charge in [-0.2, -0.15) is 0 Å². The average Bonchev–Trinajstić information content (AvgIpc) is 2.12. The Labute approximate surface area is 78.7 Å². The third-order valence-electron chi connectivity index (χ3n) is 1.51. The Hall–Kier alpha value is -0.650. The summed E-state index contributed by atoms with van der Waals surface area (Å²) in [6, 6.07) is 0.232. The minimum atomic E-state index is -0.250. The number of hydrogen-bond acceptors (Lipinski definition) is 4. The Morgan fingerprint density at radius 1 is 1.31 bits per heavy atom. The highest BCUT2D eigenvalue weighted by Gasteiger charge is 1.99. The van der Waals surface area contributed by atoms with E-state index in [0.29, 0.717) is 6.54 Å². The zero-order chi connectivity index (χ0) is 10.5. The van der Waals surface area contributed by atoms with Gasteiger partial charge in [0.05, 0.1) is 0 Å². The van der Waals surface area contributed by atoms with Crippen LogP contribution in [0.1, 0.15) is 25.7 Å². The molecule has 0 aromatic heterocycles. The van der Waals surface area contributed by atoms with Gasteiger partial charge in [0.15, 0.2) is 0 Å². The number of nitrogens with two attached hydrogens (primary N) is 2. The third kappa shape index (κ3) is 18.4. The van der Waals surface area contributed by atoms with Gasteiger partial charge in [-0.05, 0) is 32.2 Å². The van der Waals surface area contributed by atoms with Crippen molar-refractivity contribution < 1.29 is 15.0 Å². The molecular formula is C8H20N2O3. The summed E-state index contributed by atoms with van der Waals surface area (Å²) >= 11 is 0. The molecule has 0 radical (unpaired) electrons. The van der Waals surface area contributed by atoms with Gasteiger partial charge in [-0.3, -0.25) is 4.79 Å². The van der Waals surface area contributed by atoms with Crippen LogP contribution in [-0.2, 0) is 4.79 Å². The number of aliphatic hydroxyl groups excluding tert-OH is 1. The number of aliphatic hydroxyl groups is 1. The molecule has 0 aromatic carbocycles. The van der Waals surface area contributed by atoms with E-state index in [0.717, 1.165) is 25.7 Å². The van der Waals surface area contributed by atoms with Crippen LogP contribution < -0.4 is 11.5 Å². The normalized spacial score (nSPS) is 11.3. The molecule has 1 atom stereocenters. The Morgan fingerprint density at radius 2 is 1.77 bits per heavy atom. The first-order chi connectivity index (χ1) is 6.22. The van der Waals surface area contributed by atoms with Gasteiger partial charge in [-0.15, -0.1) is 0 Å². The molecule has 0 aliphatic heterocycles. The molecule has 80 valence electrons. The zero-order valence-corrected chi connectivity index (χ0v) is 7.85. The molecule has 6 N–H and O–H groups in total. The average molecular weight is 192 g/mol. The van der Waals surface area contributed by atoms with Crippen LogP contribution in [0.3, 0.4) is 0 Å². The van der Waals surface area contributed by atoms with E-state index in [2.05, 4.69) is 0 Å². The molecule has 0 aromatic rings. The highest BCUT2D eigenvalue weighted by molar-refractivity contribution is 5.32. The van der Waals surface area contributed by atoms with Crippen LogP contribution in [0.5, 0.6) is 0 Å². The van der Waals surface area contributed by atoms with Crippen molar-refractivity contribution in [2.45, 2.75) is 31.7 Å². The number of hydrogen-bond donors (Lipinski definition) is 4. The van der Waals surface area contributed by atoms with Gasteiger partial charge in [0.1, 0.15) is 0 Å². The lowest BCUT2D eigenvalue weighted by molar-refractivity contribution is -0.122. The minimum Gasteiger partial charge on any atom is -0.483 e. The quantitative estimate of drug-likeness (QED) is 0.425. The van der Waals surface area contributed by atoms with Gasteiger partial charge in [0, 0.05) is 12.6 Å². The van der Waals surface area contributed by atoms with Crippen LogP contribution >= 0.6 is 0 Å². The topological polar surface area (TPSA) is 110 Å². The van der Waals surface area contributed by atoms with Crippen LogP contribution in [-0.4, -0.2) is 35.9 Å². The monoisotopic (exact) mass is 192 g/mol. The molecule has 0 saturated carbocycles. The Bertz CT molecular complexity index is 93.4. The SMILES string of the molecule is NCCCC(N)CCCO.O=CO. The molecule has 0 saturated heterocycles. The summed E-state index contributed by atoms with van der Waals surface area (Å²) in [6.45, 7) is 0.711. The van der Waals surface area contributed by atoms with Crippen LogP contribution in [0.2, 0.25) is 0 Å². The van der Waals surface area contributed by atoms with Gasteiger partial charge < -0.3 is 21.7 Å². The smallest absolute Gasteiger partial charge is 0.290 e. The molecule has 0 fully saturated rings. The van der Waals surface area contributed by atoms with Gasteiger partial charge in [-0.25, -0.2) is 0 Å². The van der Waals surface area contributed by atoms with Crippen molar-refractivity contribution in [3.8, 4) is 0 Å². The molecule has 5 heteroatoms. The van der Waals surface area contributed by atoms with Gasteiger partial charge in [0.2, 0.25) is 0 Å². The van der Waals surface area contributed by atoms with E-state index in [4.69, 9.17) is 26.5 Å². The predicted octanol–water partition coefficient (Wildman–Crippen LogP) is -0.474. The second kappa shape index (κ2) is 13.9. The number of carboxylic acid groups (broad SMARTS) is 1. The lowest BCUT2D eigenvalue weighted by Crippen LogP contribution is -2.21.